The van der Waals surface area contributed by atoms with Gasteiger partial charge in [0.25, 0.3) is 5.91 Å². The molecule has 1 amide bonds. The summed E-state index contributed by atoms with van der Waals surface area (Å²) in [6.45, 7) is 4.62. The first-order valence-electron chi connectivity index (χ1n) is 9.85. The van der Waals surface area contributed by atoms with Gasteiger partial charge in [0.05, 0.1) is 5.56 Å². The molecular formula is C20H27N5O. The van der Waals surface area contributed by atoms with Gasteiger partial charge in [0.2, 0.25) is 0 Å². The van der Waals surface area contributed by atoms with Crippen molar-refractivity contribution in [1.82, 2.24) is 24.4 Å². The first kappa shape index (κ1) is 17.2. The lowest BCUT2D eigenvalue weighted by Gasteiger charge is -2.33. The van der Waals surface area contributed by atoms with Crippen molar-refractivity contribution in [1.29, 1.82) is 0 Å². The summed E-state index contributed by atoms with van der Waals surface area (Å²) in [6, 6.07) is 0. The summed E-state index contributed by atoms with van der Waals surface area (Å²) in [6.07, 6.45) is 14.3. The van der Waals surface area contributed by atoms with E-state index in [2.05, 4.69) is 25.7 Å². The first-order chi connectivity index (χ1) is 12.7. The average Bonchev–Trinajstić information content (AvgIpc) is 3.13. The number of amides is 1. The molecule has 2 aliphatic rings. The van der Waals surface area contributed by atoms with Crippen molar-refractivity contribution < 1.29 is 4.79 Å². The number of rotatable bonds is 5. The van der Waals surface area contributed by atoms with E-state index in [0.717, 1.165) is 56.5 Å². The van der Waals surface area contributed by atoms with E-state index in [9.17, 15) is 4.79 Å². The second-order valence-corrected chi connectivity index (χ2v) is 7.57. The lowest BCUT2D eigenvalue weighted by Crippen LogP contribution is -2.40. The number of nitrogens with zero attached hydrogens (tertiary/aromatic N) is 5. The van der Waals surface area contributed by atoms with Crippen LogP contribution in [0, 0.1) is 5.92 Å². The van der Waals surface area contributed by atoms with Crippen molar-refractivity contribution in [2.45, 2.75) is 57.9 Å². The normalized spacial score (nSPS) is 20.8. The fourth-order valence-corrected chi connectivity index (χ4v) is 3.99. The predicted octanol–water partition coefficient (Wildman–Crippen LogP) is 3.06. The van der Waals surface area contributed by atoms with Crippen LogP contribution < -0.4 is 0 Å². The Hall–Kier alpha value is -2.24. The molecule has 0 N–H and O–H groups in total. The van der Waals surface area contributed by atoms with E-state index < -0.39 is 0 Å². The van der Waals surface area contributed by atoms with Crippen molar-refractivity contribution in [3.05, 3.63) is 42.0 Å². The van der Waals surface area contributed by atoms with Gasteiger partial charge in [0.15, 0.2) is 0 Å². The Morgan fingerprint density at radius 2 is 1.96 bits per heavy atom. The van der Waals surface area contributed by atoms with Gasteiger partial charge >= 0.3 is 0 Å². The van der Waals surface area contributed by atoms with Crippen LogP contribution in [0.2, 0.25) is 0 Å². The van der Waals surface area contributed by atoms with E-state index >= 15 is 0 Å². The van der Waals surface area contributed by atoms with E-state index in [4.69, 9.17) is 0 Å². The molecule has 6 heteroatoms. The van der Waals surface area contributed by atoms with Crippen molar-refractivity contribution in [2.24, 2.45) is 5.92 Å². The number of likely N-dealkylation sites (tertiary alicyclic amines) is 1. The molecule has 3 heterocycles. The van der Waals surface area contributed by atoms with Gasteiger partial charge in [-0.25, -0.2) is 15.0 Å². The Morgan fingerprint density at radius 3 is 2.65 bits per heavy atom. The zero-order valence-corrected chi connectivity index (χ0v) is 15.5. The molecule has 0 aromatic carbocycles. The third-order valence-electron chi connectivity index (χ3n) is 5.77. The molecule has 1 saturated carbocycles. The van der Waals surface area contributed by atoms with Crippen molar-refractivity contribution in [2.75, 3.05) is 13.1 Å². The largest absolute Gasteiger partial charge is 0.338 e. The second-order valence-electron chi connectivity index (χ2n) is 7.57. The van der Waals surface area contributed by atoms with E-state index in [1.54, 1.807) is 12.4 Å². The third-order valence-corrected chi connectivity index (χ3v) is 5.77. The van der Waals surface area contributed by atoms with Gasteiger partial charge in [-0.3, -0.25) is 4.79 Å². The van der Waals surface area contributed by atoms with Crippen LogP contribution in [0.3, 0.4) is 0 Å². The molecule has 1 unspecified atom stereocenters. The summed E-state index contributed by atoms with van der Waals surface area (Å²) in [5, 5.41) is 0. The molecule has 2 fully saturated rings. The fourth-order valence-electron chi connectivity index (χ4n) is 3.99. The number of piperidine rings is 1. The molecule has 1 saturated heterocycles. The number of carbonyl (C=O) groups excluding carboxylic acids is 1. The van der Waals surface area contributed by atoms with Crippen molar-refractivity contribution in [3.63, 3.8) is 0 Å². The number of hydrogen-bond acceptors (Lipinski definition) is 4. The Balaban J connectivity index is 1.45. The van der Waals surface area contributed by atoms with Gasteiger partial charge in [-0.1, -0.05) is 13.3 Å². The van der Waals surface area contributed by atoms with Gasteiger partial charge in [-0.05, 0) is 31.6 Å². The van der Waals surface area contributed by atoms with Crippen LogP contribution in [0.4, 0.5) is 0 Å². The Bertz CT molecular complexity index is 750. The monoisotopic (exact) mass is 353 g/mol. The minimum atomic E-state index is 0.0365. The van der Waals surface area contributed by atoms with Gasteiger partial charge in [0, 0.05) is 56.8 Å². The third kappa shape index (κ3) is 3.50. The Labute approximate surface area is 154 Å². The minimum absolute atomic E-state index is 0.0365. The molecule has 2 aromatic heterocycles. The average molecular weight is 353 g/mol. The molecule has 1 atom stereocenters. The molecule has 0 spiro atoms. The molecule has 0 radical (unpaired) electrons. The highest BCUT2D eigenvalue weighted by atomic mass is 16.2. The van der Waals surface area contributed by atoms with Crippen LogP contribution in [0.5, 0.6) is 0 Å². The van der Waals surface area contributed by atoms with Crippen molar-refractivity contribution in [3.8, 4) is 0 Å². The zero-order chi connectivity index (χ0) is 17.9. The van der Waals surface area contributed by atoms with E-state index in [-0.39, 0.29) is 5.91 Å². The fraction of sp³-hybridized carbons (Fsp3) is 0.600. The van der Waals surface area contributed by atoms with E-state index in [0.29, 0.717) is 11.5 Å². The number of aromatic nitrogens is 4. The smallest absolute Gasteiger partial charge is 0.257 e. The molecule has 1 aliphatic heterocycles. The van der Waals surface area contributed by atoms with E-state index in [1.807, 2.05) is 18.0 Å². The summed E-state index contributed by atoms with van der Waals surface area (Å²) >= 11 is 0. The minimum Gasteiger partial charge on any atom is -0.338 e. The Kier molecular flexibility index (Phi) is 5.00. The van der Waals surface area contributed by atoms with Gasteiger partial charge in [0.1, 0.15) is 11.6 Å². The highest BCUT2D eigenvalue weighted by molar-refractivity contribution is 5.93. The number of carbonyl (C=O) groups is 1. The molecule has 138 valence electrons. The predicted molar refractivity (Wildman–Crippen MR) is 98.9 cm³/mol. The summed E-state index contributed by atoms with van der Waals surface area (Å²) in [7, 11) is 0. The number of imidazole rings is 1. The Morgan fingerprint density at radius 1 is 1.15 bits per heavy atom. The summed E-state index contributed by atoms with van der Waals surface area (Å²) in [4.78, 5) is 28.0. The first-order valence-corrected chi connectivity index (χ1v) is 9.85. The van der Waals surface area contributed by atoms with Crippen LogP contribution >= 0.6 is 0 Å². The van der Waals surface area contributed by atoms with Crippen LogP contribution in [0.1, 0.15) is 67.0 Å². The highest BCUT2D eigenvalue weighted by Gasteiger charge is 2.29. The maximum atomic E-state index is 12.9. The summed E-state index contributed by atoms with van der Waals surface area (Å²) in [5.41, 5.74) is 0.584. The molecule has 4 rings (SSSR count). The molecule has 26 heavy (non-hydrogen) atoms. The van der Waals surface area contributed by atoms with E-state index in [1.165, 1.54) is 19.3 Å². The van der Waals surface area contributed by atoms with Crippen LogP contribution in [0.25, 0.3) is 0 Å². The van der Waals surface area contributed by atoms with Crippen LogP contribution in [-0.2, 0) is 13.0 Å². The molecular weight excluding hydrogens is 326 g/mol. The summed E-state index contributed by atoms with van der Waals surface area (Å²) in [5.74, 6) is 3.08. The maximum absolute atomic E-state index is 12.9. The lowest BCUT2D eigenvalue weighted by molar-refractivity contribution is 0.0701. The standard InChI is InChI=1S/C20H27N5O/c1-2-18-22-11-17(12-23-18)20(26)25-9-4-7-16(14-25)19-21-8-10-24(19)13-15-5-3-6-15/h8,10-12,15-16H,2-7,9,13-14H2,1H3. The van der Waals surface area contributed by atoms with Gasteiger partial charge in [-0.2, -0.15) is 0 Å². The lowest BCUT2D eigenvalue weighted by atomic mass is 9.85. The maximum Gasteiger partial charge on any atom is 0.257 e. The van der Waals surface area contributed by atoms with Gasteiger partial charge in [-0.15, -0.1) is 0 Å². The number of aryl methyl sites for hydroxylation is 1. The molecule has 2 aromatic rings. The van der Waals surface area contributed by atoms with Crippen LogP contribution in [0.15, 0.2) is 24.8 Å². The highest BCUT2D eigenvalue weighted by Crippen LogP contribution is 2.31. The van der Waals surface area contributed by atoms with Crippen molar-refractivity contribution >= 4 is 5.91 Å². The summed E-state index contributed by atoms with van der Waals surface area (Å²) < 4.78 is 2.32. The molecule has 6 nitrogen and oxygen atoms in total. The number of hydrogen-bond donors (Lipinski definition) is 0. The van der Waals surface area contributed by atoms with Crippen LogP contribution in [-0.4, -0.2) is 43.4 Å². The topological polar surface area (TPSA) is 63.9 Å². The van der Waals surface area contributed by atoms with Gasteiger partial charge < -0.3 is 9.47 Å². The molecule has 1 aliphatic carbocycles. The zero-order valence-electron chi connectivity index (χ0n) is 15.5. The SMILES string of the molecule is CCc1ncc(C(=O)N2CCCC(c3nccn3CC3CCC3)C2)cn1. The second kappa shape index (κ2) is 7.56. The molecule has 0 bridgehead atoms. The quantitative estimate of drug-likeness (QED) is 0.829.